The molecule has 0 saturated carbocycles. The number of aromatic nitrogens is 3. The molecule has 0 N–H and O–H groups in total. The Kier molecular flexibility index (Phi) is 4.92. The van der Waals surface area contributed by atoms with E-state index < -0.39 is 0 Å². The van der Waals surface area contributed by atoms with Gasteiger partial charge in [-0.2, -0.15) is 5.10 Å². The van der Waals surface area contributed by atoms with Crippen LogP contribution >= 0.6 is 11.6 Å². The molecule has 0 fully saturated rings. The third-order valence-corrected chi connectivity index (χ3v) is 5.03. The van der Waals surface area contributed by atoms with Gasteiger partial charge in [-0.05, 0) is 49.2 Å². The lowest BCUT2D eigenvalue weighted by atomic mass is 10.1. The van der Waals surface area contributed by atoms with E-state index in [4.69, 9.17) is 16.3 Å². The van der Waals surface area contributed by atoms with Crippen LogP contribution in [0.4, 0.5) is 0 Å². The second-order valence-electron chi connectivity index (χ2n) is 6.60. The van der Waals surface area contributed by atoms with Crippen molar-refractivity contribution in [3.05, 3.63) is 87.4 Å². The number of fused-ring (bicyclic) bond motifs is 1. The zero-order chi connectivity index (χ0) is 19.7. The number of halogens is 1. The average Bonchev–Trinajstić information content (AvgIpc) is 3.13. The molecule has 0 atom stereocenters. The van der Waals surface area contributed by atoms with Gasteiger partial charge in [0.15, 0.2) is 0 Å². The van der Waals surface area contributed by atoms with E-state index in [1.807, 2.05) is 50.2 Å². The first kappa shape index (κ1) is 18.3. The van der Waals surface area contributed by atoms with Crippen LogP contribution in [0.5, 0.6) is 5.75 Å². The summed E-state index contributed by atoms with van der Waals surface area (Å²) in [5, 5.41) is 5.05. The lowest BCUT2D eigenvalue weighted by Crippen LogP contribution is -2.22. The fourth-order valence-corrected chi connectivity index (χ4v) is 3.43. The van der Waals surface area contributed by atoms with Gasteiger partial charge in [0.25, 0.3) is 5.56 Å². The molecule has 2 aromatic carbocycles. The summed E-state index contributed by atoms with van der Waals surface area (Å²) in [5.41, 5.74) is 4.25. The Morgan fingerprint density at radius 1 is 1.11 bits per heavy atom. The minimum absolute atomic E-state index is 0.0819. The molecule has 142 valence electrons. The highest BCUT2D eigenvalue weighted by Gasteiger charge is 2.12. The minimum atomic E-state index is -0.0819. The van der Waals surface area contributed by atoms with Crippen LogP contribution in [-0.4, -0.2) is 20.8 Å². The SMILES string of the molecule is CCOc1ccc(-c2cc3c(=O)n(Cc4ccccc4C)ccn3n2)cc1Cl. The highest BCUT2D eigenvalue weighted by Crippen LogP contribution is 2.30. The Hall–Kier alpha value is -3.05. The summed E-state index contributed by atoms with van der Waals surface area (Å²) in [6, 6.07) is 15.4. The molecule has 0 aliphatic heterocycles. The van der Waals surface area contributed by atoms with Gasteiger partial charge < -0.3 is 9.30 Å². The number of nitrogens with zero attached hydrogens (tertiary/aromatic N) is 3. The number of ether oxygens (including phenoxy) is 1. The maximum absolute atomic E-state index is 13.0. The lowest BCUT2D eigenvalue weighted by Gasteiger charge is -2.08. The van der Waals surface area contributed by atoms with Crippen LogP contribution in [0.15, 0.2) is 65.7 Å². The van der Waals surface area contributed by atoms with Gasteiger partial charge in [0.1, 0.15) is 11.3 Å². The Morgan fingerprint density at radius 2 is 1.93 bits per heavy atom. The summed E-state index contributed by atoms with van der Waals surface area (Å²) in [4.78, 5) is 13.0. The van der Waals surface area contributed by atoms with Crippen LogP contribution in [0, 0.1) is 6.92 Å². The quantitative estimate of drug-likeness (QED) is 0.499. The summed E-state index contributed by atoms with van der Waals surface area (Å²) in [5.74, 6) is 0.636. The van der Waals surface area contributed by atoms with Gasteiger partial charge >= 0.3 is 0 Å². The van der Waals surface area contributed by atoms with Crippen LogP contribution in [0.2, 0.25) is 5.02 Å². The molecule has 2 heterocycles. The van der Waals surface area contributed by atoms with Crippen LogP contribution in [0.3, 0.4) is 0 Å². The maximum Gasteiger partial charge on any atom is 0.276 e. The topological polar surface area (TPSA) is 48.5 Å². The molecule has 0 spiro atoms. The van der Waals surface area contributed by atoms with E-state index in [9.17, 15) is 4.79 Å². The van der Waals surface area contributed by atoms with Crippen molar-refractivity contribution in [3.63, 3.8) is 0 Å². The first-order chi connectivity index (χ1) is 13.6. The molecule has 0 aliphatic rings. The van der Waals surface area contributed by atoms with E-state index in [0.717, 1.165) is 16.7 Å². The van der Waals surface area contributed by atoms with E-state index in [2.05, 4.69) is 5.10 Å². The van der Waals surface area contributed by atoms with Crippen molar-refractivity contribution in [1.29, 1.82) is 0 Å². The maximum atomic E-state index is 13.0. The van der Waals surface area contributed by atoms with Gasteiger partial charge in [-0.1, -0.05) is 35.9 Å². The molecule has 5 nitrogen and oxygen atoms in total. The molecular weight excluding hydrogens is 374 g/mol. The monoisotopic (exact) mass is 393 g/mol. The molecule has 0 aliphatic carbocycles. The standard InChI is InChI=1S/C22H20ClN3O2/c1-3-28-21-9-8-16(12-18(21)23)19-13-20-22(27)25(10-11-26(20)24-19)14-17-7-5-4-6-15(17)2/h4-13H,3,14H2,1-2H3. The van der Waals surface area contributed by atoms with Crippen LogP contribution in [-0.2, 0) is 6.54 Å². The van der Waals surface area contributed by atoms with Gasteiger partial charge in [0.05, 0.1) is 23.9 Å². The van der Waals surface area contributed by atoms with Crippen molar-refractivity contribution < 1.29 is 4.74 Å². The number of hydrogen-bond donors (Lipinski definition) is 0. The highest BCUT2D eigenvalue weighted by atomic mass is 35.5. The summed E-state index contributed by atoms with van der Waals surface area (Å²) in [6.07, 6.45) is 3.57. The molecule has 0 amide bonds. The van der Waals surface area contributed by atoms with Crippen LogP contribution in [0.25, 0.3) is 16.8 Å². The molecule has 0 bridgehead atoms. The second-order valence-corrected chi connectivity index (χ2v) is 7.00. The number of benzene rings is 2. The van der Waals surface area contributed by atoms with Gasteiger partial charge in [-0.15, -0.1) is 0 Å². The zero-order valence-electron chi connectivity index (χ0n) is 15.7. The normalized spacial score (nSPS) is 11.1. The predicted octanol–water partition coefficient (Wildman–Crippen LogP) is 4.57. The Bertz CT molecular complexity index is 1210. The first-order valence-electron chi connectivity index (χ1n) is 9.13. The van der Waals surface area contributed by atoms with E-state index in [1.165, 1.54) is 0 Å². The number of hydrogen-bond acceptors (Lipinski definition) is 3. The summed E-state index contributed by atoms with van der Waals surface area (Å²) >= 11 is 6.29. The summed E-state index contributed by atoms with van der Waals surface area (Å²) < 4.78 is 8.79. The molecule has 0 radical (unpaired) electrons. The van der Waals surface area contributed by atoms with E-state index in [0.29, 0.717) is 35.1 Å². The van der Waals surface area contributed by atoms with Crippen molar-refractivity contribution in [2.45, 2.75) is 20.4 Å². The summed E-state index contributed by atoms with van der Waals surface area (Å²) in [6.45, 7) is 5.03. The lowest BCUT2D eigenvalue weighted by molar-refractivity contribution is 0.340. The van der Waals surface area contributed by atoms with E-state index in [1.54, 1.807) is 33.6 Å². The molecular formula is C22H20ClN3O2. The van der Waals surface area contributed by atoms with Gasteiger partial charge in [-0.3, -0.25) is 4.79 Å². The molecule has 2 aromatic heterocycles. The smallest absolute Gasteiger partial charge is 0.276 e. The van der Waals surface area contributed by atoms with E-state index in [-0.39, 0.29) is 5.56 Å². The Balaban J connectivity index is 1.72. The van der Waals surface area contributed by atoms with Gasteiger partial charge in [-0.25, -0.2) is 4.52 Å². The van der Waals surface area contributed by atoms with Crippen LogP contribution < -0.4 is 10.3 Å². The van der Waals surface area contributed by atoms with Crippen molar-refractivity contribution >= 4 is 17.1 Å². The first-order valence-corrected chi connectivity index (χ1v) is 9.50. The largest absolute Gasteiger partial charge is 0.492 e. The van der Waals surface area contributed by atoms with Crippen LogP contribution in [0.1, 0.15) is 18.1 Å². The molecule has 0 saturated heterocycles. The fraction of sp³-hybridized carbons (Fsp3) is 0.182. The second kappa shape index (κ2) is 7.52. The molecule has 28 heavy (non-hydrogen) atoms. The molecule has 0 unspecified atom stereocenters. The van der Waals surface area contributed by atoms with Crippen molar-refractivity contribution in [3.8, 4) is 17.0 Å². The average molecular weight is 394 g/mol. The van der Waals surface area contributed by atoms with E-state index >= 15 is 0 Å². The van der Waals surface area contributed by atoms with Crippen molar-refractivity contribution in [1.82, 2.24) is 14.2 Å². The Labute approximate surface area is 167 Å². The molecule has 6 heteroatoms. The van der Waals surface area contributed by atoms with Crippen molar-refractivity contribution in [2.75, 3.05) is 6.61 Å². The highest BCUT2D eigenvalue weighted by molar-refractivity contribution is 6.32. The van der Waals surface area contributed by atoms with Gasteiger partial charge in [0, 0.05) is 18.0 Å². The van der Waals surface area contributed by atoms with Gasteiger partial charge in [0.2, 0.25) is 0 Å². The molecule has 4 aromatic rings. The molecule has 4 rings (SSSR count). The Morgan fingerprint density at radius 3 is 2.68 bits per heavy atom. The zero-order valence-corrected chi connectivity index (χ0v) is 16.5. The minimum Gasteiger partial charge on any atom is -0.492 e. The number of aryl methyl sites for hydroxylation is 1. The third kappa shape index (κ3) is 3.41. The third-order valence-electron chi connectivity index (χ3n) is 4.73. The van der Waals surface area contributed by atoms with Crippen molar-refractivity contribution in [2.24, 2.45) is 0 Å². The fourth-order valence-electron chi connectivity index (χ4n) is 3.20. The summed E-state index contributed by atoms with van der Waals surface area (Å²) in [7, 11) is 0. The predicted molar refractivity (Wildman–Crippen MR) is 111 cm³/mol. The number of rotatable bonds is 5.